The molecule has 1 saturated carbocycles. The highest BCUT2D eigenvalue weighted by atomic mass is 16.4. The van der Waals surface area contributed by atoms with Crippen LogP contribution in [0.3, 0.4) is 0 Å². The Kier molecular flexibility index (Phi) is 3.28. The van der Waals surface area contributed by atoms with Gasteiger partial charge in [-0.25, -0.2) is 0 Å². The molecule has 0 saturated heterocycles. The van der Waals surface area contributed by atoms with E-state index >= 15 is 0 Å². The lowest BCUT2D eigenvalue weighted by Crippen LogP contribution is -2.18. The summed E-state index contributed by atoms with van der Waals surface area (Å²) in [5.41, 5.74) is 2.23. The predicted molar refractivity (Wildman–Crippen MR) is 63.5 cm³/mol. The summed E-state index contributed by atoms with van der Waals surface area (Å²) in [6.45, 7) is 2.27. The van der Waals surface area contributed by atoms with Gasteiger partial charge in [0.05, 0.1) is 6.42 Å². The molecular formula is C14H18O2. The van der Waals surface area contributed by atoms with Crippen LogP contribution in [0.4, 0.5) is 0 Å². The molecule has 0 amide bonds. The second-order valence-corrected chi connectivity index (χ2v) is 4.79. The van der Waals surface area contributed by atoms with Gasteiger partial charge in [-0.3, -0.25) is 4.79 Å². The number of hydrogen-bond acceptors (Lipinski definition) is 1. The van der Waals surface area contributed by atoms with Crippen LogP contribution in [0.5, 0.6) is 0 Å². The highest BCUT2D eigenvalue weighted by Gasteiger charge is 2.24. The van der Waals surface area contributed by atoms with Crippen molar-refractivity contribution in [3.05, 3.63) is 35.4 Å². The minimum Gasteiger partial charge on any atom is -0.481 e. The number of rotatable bonds is 4. The van der Waals surface area contributed by atoms with Crippen molar-refractivity contribution in [1.82, 2.24) is 0 Å². The maximum absolute atomic E-state index is 10.6. The predicted octanol–water partition coefficient (Wildman–Crippen LogP) is 3.22. The van der Waals surface area contributed by atoms with Crippen molar-refractivity contribution in [2.75, 3.05) is 0 Å². The minimum atomic E-state index is -0.764. The lowest BCUT2D eigenvalue weighted by atomic mass is 9.74. The topological polar surface area (TPSA) is 37.3 Å². The number of aliphatic carboxylic acids is 1. The maximum Gasteiger partial charge on any atom is 0.307 e. The minimum absolute atomic E-state index is 0.123. The Morgan fingerprint density at radius 2 is 2.00 bits per heavy atom. The Labute approximate surface area is 96.3 Å². The first-order chi connectivity index (χ1) is 7.66. The van der Waals surface area contributed by atoms with Crippen molar-refractivity contribution < 1.29 is 9.90 Å². The summed E-state index contributed by atoms with van der Waals surface area (Å²) < 4.78 is 0. The fraction of sp³-hybridized carbons (Fsp3) is 0.500. The van der Waals surface area contributed by atoms with Crippen molar-refractivity contribution in [1.29, 1.82) is 0 Å². The van der Waals surface area contributed by atoms with Gasteiger partial charge in [-0.05, 0) is 35.8 Å². The summed E-state index contributed by atoms with van der Waals surface area (Å²) in [5, 5.41) is 8.68. The van der Waals surface area contributed by atoms with Gasteiger partial charge >= 0.3 is 5.97 Å². The van der Waals surface area contributed by atoms with Gasteiger partial charge in [-0.15, -0.1) is 0 Å². The van der Waals surface area contributed by atoms with Gasteiger partial charge < -0.3 is 5.11 Å². The van der Waals surface area contributed by atoms with Crippen molar-refractivity contribution >= 4 is 5.97 Å². The third kappa shape index (κ3) is 2.43. The molecule has 0 aromatic heterocycles. The zero-order valence-corrected chi connectivity index (χ0v) is 9.65. The normalized spacial score (nSPS) is 17.8. The van der Waals surface area contributed by atoms with Crippen molar-refractivity contribution in [3.63, 3.8) is 0 Å². The van der Waals surface area contributed by atoms with Crippen molar-refractivity contribution in [2.24, 2.45) is 5.92 Å². The monoisotopic (exact) mass is 218 g/mol. The van der Waals surface area contributed by atoms with Crippen LogP contribution in [-0.4, -0.2) is 11.1 Å². The molecule has 1 N–H and O–H groups in total. The largest absolute Gasteiger partial charge is 0.481 e. The Morgan fingerprint density at radius 3 is 2.44 bits per heavy atom. The van der Waals surface area contributed by atoms with Gasteiger partial charge in [-0.1, -0.05) is 37.6 Å². The van der Waals surface area contributed by atoms with E-state index in [1.54, 1.807) is 0 Å². The molecule has 0 bridgehead atoms. The van der Waals surface area contributed by atoms with E-state index in [9.17, 15) is 4.79 Å². The molecule has 0 radical (unpaired) electrons. The lowest BCUT2D eigenvalue weighted by molar-refractivity contribution is -0.136. The first kappa shape index (κ1) is 11.2. The van der Waals surface area contributed by atoms with E-state index in [0.717, 1.165) is 11.5 Å². The Balaban J connectivity index is 2.03. The summed E-state index contributed by atoms with van der Waals surface area (Å²) >= 11 is 0. The van der Waals surface area contributed by atoms with Crippen LogP contribution in [-0.2, 0) is 11.2 Å². The smallest absolute Gasteiger partial charge is 0.307 e. The van der Waals surface area contributed by atoms with E-state index in [4.69, 9.17) is 5.11 Å². The molecule has 2 nitrogen and oxygen atoms in total. The number of carboxylic acids is 1. The highest BCUT2D eigenvalue weighted by molar-refractivity contribution is 5.70. The van der Waals surface area contributed by atoms with Gasteiger partial charge in [0.2, 0.25) is 0 Å². The first-order valence-corrected chi connectivity index (χ1v) is 5.97. The molecule has 0 heterocycles. The molecule has 1 aliphatic carbocycles. The molecule has 1 fully saturated rings. The van der Waals surface area contributed by atoms with Gasteiger partial charge in [0.25, 0.3) is 0 Å². The van der Waals surface area contributed by atoms with Crippen molar-refractivity contribution in [2.45, 2.75) is 38.5 Å². The molecule has 2 rings (SSSR count). The quantitative estimate of drug-likeness (QED) is 0.842. The Morgan fingerprint density at radius 1 is 1.38 bits per heavy atom. The molecule has 1 aromatic carbocycles. The van der Waals surface area contributed by atoms with E-state index < -0.39 is 5.97 Å². The zero-order chi connectivity index (χ0) is 11.5. The van der Waals surface area contributed by atoms with Gasteiger partial charge in [0.1, 0.15) is 0 Å². The highest BCUT2D eigenvalue weighted by Crippen LogP contribution is 2.38. The maximum atomic E-state index is 10.6. The third-order valence-corrected chi connectivity index (χ3v) is 3.72. The Bertz CT molecular complexity index is 363. The van der Waals surface area contributed by atoms with E-state index in [1.165, 1.54) is 24.8 Å². The fourth-order valence-electron chi connectivity index (χ4n) is 2.33. The summed E-state index contributed by atoms with van der Waals surface area (Å²) in [6.07, 6.45) is 4.18. The van der Waals surface area contributed by atoms with Gasteiger partial charge in [0, 0.05) is 0 Å². The number of carbonyl (C=O) groups is 1. The van der Waals surface area contributed by atoms with E-state index in [-0.39, 0.29) is 6.42 Å². The third-order valence-electron chi connectivity index (χ3n) is 3.72. The summed E-state index contributed by atoms with van der Waals surface area (Å²) in [5.74, 6) is 0.692. The van der Waals surface area contributed by atoms with Crippen LogP contribution in [0.2, 0.25) is 0 Å². The molecule has 1 aliphatic rings. The van der Waals surface area contributed by atoms with Crippen LogP contribution in [0.15, 0.2) is 24.3 Å². The first-order valence-electron chi connectivity index (χ1n) is 5.97. The average Bonchev–Trinajstić information content (AvgIpc) is 2.15. The molecule has 0 aliphatic heterocycles. The fourth-order valence-corrected chi connectivity index (χ4v) is 2.33. The van der Waals surface area contributed by atoms with Gasteiger partial charge in [-0.2, -0.15) is 0 Å². The molecule has 1 aromatic rings. The van der Waals surface area contributed by atoms with Crippen molar-refractivity contribution in [3.8, 4) is 0 Å². The van der Waals surface area contributed by atoms with E-state index in [0.29, 0.717) is 5.92 Å². The van der Waals surface area contributed by atoms with E-state index in [1.807, 2.05) is 12.1 Å². The summed E-state index contributed by atoms with van der Waals surface area (Å²) in [6, 6.07) is 8.06. The SMILES string of the molecule is CC(c1ccc(CC(=O)O)cc1)C1CCC1. The Hall–Kier alpha value is -1.31. The molecule has 2 heteroatoms. The second-order valence-electron chi connectivity index (χ2n) is 4.79. The summed E-state index contributed by atoms with van der Waals surface area (Å²) in [4.78, 5) is 10.6. The number of benzene rings is 1. The number of hydrogen-bond donors (Lipinski definition) is 1. The number of carboxylic acid groups (broad SMARTS) is 1. The molecule has 86 valence electrons. The molecule has 0 spiro atoms. The van der Waals surface area contributed by atoms with Gasteiger partial charge in [0.15, 0.2) is 0 Å². The van der Waals surface area contributed by atoms with Crippen LogP contribution < -0.4 is 0 Å². The molecule has 1 unspecified atom stereocenters. The molecule has 1 atom stereocenters. The lowest BCUT2D eigenvalue weighted by Gasteiger charge is -2.31. The average molecular weight is 218 g/mol. The van der Waals surface area contributed by atoms with Crippen LogP contribution in [0.1, 0.15) is 43.2 Å². The van der Waals surface area contributed by atoms with Crippen LogP contribution in [0, 0.1) is 5.92 Å². The standard InChI is InChI=1S/C14H18O2/c1-10(12-3-2-4-12)13-7-5-11(6-8-13)9-14(15)16/h5-8,10,12H,2-4,9H2,1H3,(H,15,16). The van der Waals surface area contributed by atoms with E-state index in [2.05, 4.69) is 19.1 Å². The summed E-state index contributed by atoms with van der Waals surface area (Å²) in [7, 11) is 0. The molecule has 16 heavy (non-hydrogen) atoms. The van der Waals surface area contributed by atoms with Crippen LogP contribution in [0.25, 0.3) is 0 Å². The zero-order valence-electron chi connectivity index (χ0n) is 9.65. The second kappa shape index (κ2) is 4.69. The van der Waals surface area contributed by atoms with Crippen LogP contribution >= 0.6 is 0 Å². The molecular weight excluding hydrogens is 200 g/mol.